The third-order valence-electron chi connectivity index (χ3n) is 23.3. The molecule has 19 nitrogen and oxygen atoms in total. The number of para-hydroxylation sites is 2. The molecule has 1 N–H and O–H groups in total. The lowest BCUT2D eigenvalue weighted by Crippen LogP contribution is -2.56. The highest BCUT2D eigenvalue weighted by Gasteiger charge is 2.44. The number of allylic oxidation sites excluding steroid dienone is 2. The van der Waals surface area contributed by atoms with Crippen molar-refractivity contribution in [3.05, 3.63) is 357 Å². The number of thiocarbonyl (C=S) groups is 1. The van der Waals surface area contributed by atoms with E-state index in [0.717, 1.165) is 135 Å². The van der Waals surface area contributed by atoms with E-state index in [4.69, 9.17) is 48.2 Å². The lowest BCUT2D eigenvalue weighted by molar-refractivity contribution is -0.139. The molecule has 4 aliphatic heterocycles. The average molecular weight is 1900 g/mol. The Kier molecular flexibility index (Phi) is 28.4. The highest BCUT2D eigenvalue weighted by molar-refractivity contribution is 8.04. The number of carbonyl (C=O) groups excluding carboxylic acids is 6. The van der Waals surface area contributed by atoms with Crippen molar-refractivity contribution in [2.24, 2.45) is 0 Å². The number of benzene rings is 12. The van der Waals surface area contributed by atoms with Gasteiger partial charge in [-0.1, -0.05) is 201 Å². The molecule has 670 valence electrons. The third kappa shape index (κ3) is 18.8. The van der Waals surface area contributed by atoms with E-state index in [0.29, 0.717) is 63.7 Å². The number of methoxy groups -OCH3 is 2. The van der Waals surface area contributed by atoms with Crippen LogP contribution in [0.4, 0.5) is 17.1 Å². The first-order chi connectivity index (χ1) is 64.3. The largest absolute Gasteiger partial charge is 0.497 e. The smallest absolute Gasteiger partial charge is 0.340 e. The summed E-state index contributed by atoms with van der Waals surface area (Å²) >= 11 is 18.8. The van der Waals surface area contributed by atoms with Crippen LogP contribution in [-0.2, 0) is 36.7 Å². The molecule has 0 bridgehead atoms. The van der Waals surface area contributed by atoms with Gasteiger partial charge in [0.15, 0.2) is 34.3 Å². The van der Waals surface area contributed by atoms with Crippen LogP contribution in [0, 0.1) is 11.4 Å². The molecule has 2 aliphatic carbocycles. The Bertz CT molecular complexity index is 7530. The van der Waals surface area contributed by atoms with Gasteiger partial charge in [0.2, 0.25) is 0 Å². The number of aliphatic hydroxyl groups is 1. The van der Waals surface area contributed by atoms with E-state index in [2.05, 4.69) is 134 Å². The van der Waals surface area contributed by atoms with Crippen LogP contribution in [0.1, 0.15) is 101 Å². The number of ketones is 2. The van der Waals surface area contributed by atoms with Gasteiger partial charge in [-0.15, -0.1) is 22.7 Å². The van der Waals surface area contributed by atoms with Crippen LogP contribution in [0.5, 0.6) is 11.5 Å². The summed E-state index contributed by atoms with van der Waals surface area (Å²) in [4.78, 5) is 113. The van der Waals surface area contributed by atoms with E-state index >= 15 is 0 Å². The van der Waals surface area contributed by atoms with E-state index in [9.17, 15) is 38.4 Å². The zero-order valence-corrected chi connectivity index (χ0v) is 80.2. The summed E-state index contributed by atoms with van der Waals surface area (Å²) in [6, 6.07) is 80.5. The first-order valence-corrected chi connectivity index (χ1v) is 48.0. The molecule has 0 atom stereocenters. The van der Waals surface area contributed by atoms with E-state index in [1.165, 1.54) is 76.5 Å². The van der Waals surface area contributed by atoms with Gasteiger partial charge in [-0.05, 0) is 184 Å². The lowest BCUT2D eigenvalue weighted by atomic mass is 10.0. The number of hydrogen-bond acceptors (Lipinski definition) is 24. The highest BCUT2D eigenvalue weighted by atomic mass is 32.2. The maximum atomic E-state index is 13.2. The fourth-order valence-corrected chi connectivity index (χ4v) is 23.1. The number of aliphatic hydroxyl groups excluding tert-OH is 1. The maximum absolute atomic E-state index is 13.2. The van der Waals surface area contributed by atoms with Gasteiger partial charge in [-0.3, -0.25) is 38.6 Å². The number of likely N-dealkylation sites (N-methyl/N-ethyl adjacent to an activating group) is 2. The Morgan fingerprint density at radius 1 is 0.496 bits per heavy atom. The van der Waals surface area contributed by atoms with Crippen LogP contribution >= 0.6 is 82.4 Å². The summed E-state index contributed by atoms with van der Waals surface area (Å²) in [6.07, 6.45) is 1.48. The van der Waals surface area contributed by atoms with Crippen LogP contribution in [0.3, 0.4) is 0 Å². The number of Topliss-reactive ketones (excluding diaryl/α,β-unsaturated/α-hetero) is 2. The van der Waals surface area contributed by atoms with E-state index in [-0.39, 0.29) is 39.7 Å². The summed E-state index contributed by atoms with van der Waals surface area (Å²) in [7, 11) is 5.32. The minimum Gasteiger partial charge on any atom is -0.497 e. The fraction of sp³-hybridized carbons (Fsp3) is 0.178. The molecule has 0 spiro atoms. The molecule has 6 aliphatic rings. The second kappa shape index (κ2) is 40.5. The molecule has 12 aromatic carbocycles. The van der Waals surface area contributed by atoms with Gasteiger partial charge in [-0.2, -0.15) is 0 Å². The van der Waals surface area contributed by atoms with Crippen molar-refractivity contribution < 1.29 is 57.2 Å². The number of carbonyl (C=O) groups is 6. The summed E-state index contributed by atoms with van der Waals surface area (Å²) in [5, 5.41) is 18.8. The summed E-state index contributed by atoms with van der Waals surface area (Å²) in [5.74, 6) is 0.409. The predicted octanol–water partition coefficient (Wildman–Crippen LogP) is 23.9. The van der Waals surface area contributed by atoms with Crippen molar-refractivity contribution in [2.45, 2.75) is 81.9 Å². The normalized spacial score (nSPS) is 15.1. The van der Waals surface area contributed by atoms with Crippen LogP contribution in [-0.4, -0.2) is 116 Å². The van der Waals surface area contributed by atoms with Crippen molar-refractivity contribution in [3.63, 3.8) is 0 Å². The third-order valence-corrected chi connectivity index (χ3v) is 30.1. The minimum absolute atomic E-state index is 0.0375. The number of anilines is 3. The van der Waals surface area contributed by atoms with Gasteiger partial charge in [0, 0.05) is 151 Å². The van der Waals surface area contributed by atoms with Gasteiger partial charge < -0.3 is 43.2 Å². The summed E-state index contributed by atoms with van der Waals surface area (Å²) in [5.41, 5.74) is 13.7. The van der Waals surface area contributed by atoms with Crippen LogP contribution in [0.15, 0.2) is 321 Å². The van der Waals surface area contributed by atoms with E-state index in [1.54, 1.807) is 68.1 Å². The second-order valence-electron chi connectivity index (χ2n) is 31.9. The number of thioether (sulfide) groups is 3. The molecule has 7 heterocycles. The molecule has 26 heteroatoms. The molecular weight excluding hydrogens is 1800 g/mol. The number of rotatable bonds is 12. The number of nitrogens with zero attached hydrogens (tertiary/aromatic N) is 5. The molecule has 0 radical (unpaired) electrons. The molecule has 1 saturated heterocycles. The molecule has 2 amide bonds. The SMILES string of the molecule is C=C(C)C(=O)OCCN1C(=C2C(=O)N(CC)C(=S)N(CC)C2=O)Sc2ccccc21.CC(C)c1ccc2sc3ccccc3c(=O)c2c1.CCN1/C(=C2\Cc3ccccc3C2=O)Sc2ccccc21.CN1/C(=C2\Cc3ccccc3C2=O)Sc2ccc3ccccc3c21.COc1ccc2c(=S)c3ccc(OC)cc3oc2c1.Cc1ccc2sc3cc(C(=O)OCO)ccc3c(=O)c2c1. The monoisotopic (exact) mass is 1890 g/mol. The van der Waals surface area contributed by atoms with E-state index < -0.39 is 30.5 Å². The Balaban J connectivity index is 0.000000117. The number of aryl methyl sites for hydroxylation is 1. The van der Waals surface area contributed by atoms with Gasteiger partial charge >= 0.3 is 11.9 Å². The quantitative estimate of drug-likeness (QED) is 0.0300. The molecule has 1 fully saturated rings. The van der Waals surface area contributed by atoms with Gasteiger partial charge in [0.25, 0.3) is 11.8 Å². The number of hydrogen-bond donors (Lipinski definition) is 1. The van der Waals surface area contributed by atoms with E-state index in [1.807, 2.05) is 171 Å². The Morgan fingerprint density at radius 3 is 1.59 bits per heavy atom. The van der Waals surface area contributed by atoms with Gasteiger partial charge in [0.05, 0.1) is 63.0 Å². The lowest BCUT2D eigenvalue weighted by Gasteiger charge is -2.36. The molecule has 133 heavy (non-hydrogen) atoms. The minimum atomic E-state index is -0.663. The number of amides is 2. The summed E-state index contributed by atoms with van der Waals surface area (Å²) < 4.78 is 30.6. The van der Waals surface area contributed by atoms with Crippen LogP contribution in [0.25, 0.3) is 73.1 Å². The Hall–Kier alpha value is -13.2. The predicted molar refractivity (Wildman–Crippen MR) is 547 cm³/mol. The first-order valence-electron chi connectivity index (χ1n) is 43.1. The molecule has 21 rings (SSSR count). The second-order valence-corrected chi connectivity index (χ2v) is 37.9. The zero-order valence-electron chi connectivity index (χ0n) is 74.5. The van der Waals surface area contributed by atoms with Gasteiger partial charge in [0.1, 0.15) is 34.8 Å². The Labute approximate surface area is 799 Å². The first kappa shape index (κ1) is 93.1. The summed E-state index contributed by atoms with van der Waals surface area (Å²) in [6.45, 7) is 18.5. The van der Waals surface area contributed by atoms with Crippen molar-refractivity contribution in [2.75, 3.05) is 75.5 Å². The van der Waals surface area contributed by atoms with Crippen molar-refractivity contribution in [3.8, 4) is 11.5 Å². The average Bonchev–Trinajstić information content (AvgIpc) is 1.59. The van der Waals surface area contributed by atoms with Crippen LogP contribution in [0.2, 0.25) is 0 Å². The topological polar surface area (TPSA) is 223 Å². The molecule has 3 aromatic heterocycles. The molecule has 0 unspecified atom stereocenters. The molecule has 15 aromatic rings. The number of esters is 2. The van der Waals surface area contributed by atoms with Gasteiger partial charge in [-0.25, -0.2) is 9.59 Å². The fourth-order valence-electron chi connectivity index (χ4n) is 16.5. The van der Waals surface area contributed by atoms with Crippen molar-refractivity contribution in [1.82, 2.24) is 9.80 Å². The number of ether oxygens (including phenoxy) is 4. The molecular formula is C107H91N5O14S7. The van der Waals surface area contributed by atoms with Crippen molar-refractivity contribution in [1.29, 1.82) is 0 Å². The Morgan fingerprint density at radius 2 is 1.00 bits per heavy atom. The van der Waals surface area contributed by atoms with Crippen LogP contribution < -0.4 is 35.0 Å². The van der Waals surface area contributed by atoms with Crippen molar-refractivity contribution >= 4 is 213 Å². The molecule has 0 saturated carbocycles. The highest BCUT2D eigenvalue weighted by Crippen LogP contribution is 2.53. The standard InChI is InChI=1S/C21H23N3O4S2.C21H15NOS.C18H15NOS.C16H12O4S.C16H14OS.C15H12O3S/c1-5-22-17(25)16(18(26)23(6-2)21(22)29)19-24(11-12-28-20(27)13(3)4)14-9-7-8-10-15(14)30-19;1-22-19-15-8-4-2-6-13(15)10-11-18(19)24-21(22)17-12-14-7-3-5-9-16(14)20(17)23;1-2-19-15-9-5-6-10-16(15)21-18(19)14-11-12-7-3-4-8-13(12)17(14)20;1-9-2-5-13-12(6-9)15(18)11-4-3-10(7-14(11)21-13)16(19)20-8-17;1-10(2)11-7-8-15-13(9-11)16(17)12-5-3-4-6-14(12)18-15;1-16-9-3-5-11-13(7-9)18-14-8-10(17-2)4-6-12(14)15(11)19/h7-10H,3,5-6,11-12H2,1-2,4H3;2-11H,12H2,1H3;3-10H,2,11H2,1H3;2-7,17H,8H2,1H3;3-10H,1-2H3;3-8H,1-2H3/b;21-17-;18-14-;;;. The zero-order chi connectivity index (χ0) is 93.7. The maximum Gasteiger partial charge on any atom is 0.340 e. The number of fused-ring (bicyclic) bond motifs is 13.